The smallest absolute Gasteiger partial charge is 0.257 e. The summed E-state index contributed by atoms with van der Waals surface area (Å²) in [7, 11) is 0. The Hall–Kier alpha value is -3.02. The molecular formula is C20H21N3O3. The van der Waals surface area contributed by atoms with Gasteiger partial charge in [0.05, 0.1) is 11.8 Å². The van der Waals surface area contributed by atoms with Crippen molar-refractivity contribution in [1.82, 2.24) is 14.8 Å². The predicted octanol–water partition coefficient (Wildman–Crippen LogP) is 2.98. The van der Waals surface area contributed by atoms with E-state index in [1.165, 1.54) is 18.1 Å². The summed E-state index contributed by atoms with van der Waals surface area (Å²) in [5, 5.41) is 1.09. The Morgan fingerprint density at radius 2 is 1.62 bits per heavy atom. The van der Waals surface area contributed by atoms with Gasteiger partial charge in [-0.2, -0.15) is 0 Å². The van der Waals surface area contributed by atoms with E-state index < -0.39 is 0 Å². The van der Waals surface area contributed by atoms with Crippen molar-refractivity contribution in [3.63, 3.8) is 0 Å². The van der Waals surface area contributed by atoms with Gasteiger partial charge in [-0.05, 0) is 43.7 Å². The normalized spacial score (nSPS) is 14.8. The van der Waals surface area contributed by atoms with Gasteiger partial charge in [0.15, 0.2) is 0 Å². The number of hydrogen-bond donors (Lipinski definition) is 1. The van der Waals surface area contributed by atoms with E-state index in [4.69, 9.17) is 4.42 Å². The van der Waals surface area contributed by atoms with Gasteiger partial charge in [0.2, 0.25) is 0 Å². The highest BCUT2D eigenvalue weighted by molar-refractivity contribution is 5.99. The zero-order valence-electron chi connectivity index (χ0n) is 14.9. The molecule has 0 radical (unpaired) electrons. The Labute approximate surface area is 151 Å². The van der Waals surface area contributed by atoms with Gasteiger partial charge in [-0.25, -0.2) is 0 Å². The lowest BCUT2D eigenvalue weighted by atomic mass is 10.1. The van der Waals surface area contributed by atoms with Crippen molar-refractivity contribution in [3.8, 4) is 0 Å². The number of carbonyl (C=O) groups excluding carboxylic acids is 2. The first-order valence-corrected chi connectivity index (χ1v) is 8.74. The summed E-state index contributed by atoms with van der Waals surface area (Å²) < 4.78 is 4.98. The van der Waals surface area contributed by atoms with E-state index in [2.05, 4.69) is 11.9 Å². The number of benzene rings is 1. The monoisotopic (exact) mass is 351 g/mol. The average molecular weight is 351 g/mol. The topological polar surface area (TPSA) is 69.6 Å². The molecule has 2 amide bonds. The number of fused-ring (bicyclic) bond motifs is 1. The average Bonchev–Trinajstić information content (AvgIpc) is 3.30. The molecule has 4 rings (SSSR count). The largest absolute Gasteiger partial charge is 0.472 e. The van der Waals surface area contributed by atoms with Crippen molar-refractivity contribution >= 4 is 22.7 Å². The van der Waals surface area contributed by atoms with Crippen molar-refractivity contribution in [2.45, 2.75) is 13.8 Å². The molecule has 2 aromatic heterocycles. The second kappa shape index (κ2) is 6.37. The molecule has 6 heteroatoms. The zero-order chi connectivity index (χ0) is 18.3. The van der Waals surface area contributed by atoms with Crippen molar-refractivity contribution < 1.29 is 14.0 Å². The van der Waals surface area contributed by atoms with Crippen LogP contribution in [0.5, 0.6) is 0 Å². The number of furan rings is 1. The molecule has 0 aliphatic carbocycles. The zero-order valence-corrected chi connectivity index (χ0v) is 14.9. The third kappa shape index (κ3) is 2.77. The van der Waals surface area contributed by atoms with Crippen LogP contribution in [0, 0.1) is 13.8 Å². The van der Waals surface area contributed by atoms with Gasteiger partial charge in [0, 0.05) is 48.3 Å². The number of nitrogens with one attached hydrogen (secondary N) is 1. The summed E-state index contributed by atoms with van der Waals surface area (Å²) in [6, 6.07) is 7.44. The number of H-pyrrole nitrogens is 1. The van der Waals surface area contributed by atoms with Gasteiger partial charge in [-0.15, -0.1) is 0 Å². The maximum absolute atomic E-state index is 12.9. The van der Waals surface area contributed by atoms with Crippen LogP contribution in [0.1, 0.15) is 32.0 Å². The molecule has 26 heavy (non-hydrogen) atoms. The minimum absolute atomic E-state index is 0.0144. The summed E-state index contributed by atoms with van der Waals surface area (Å²) in [4.78, 5) is 32.1. The summed E-state index contributed by atoms with van der Waals surface area (Å²) in [6.45, 7) is 6.22. The summed E-state index contributed by atoms with van der Waals surface area (Å²) in [6.07, 6.45) is 2.95. The Bertz CT molecular complexity index is 964. The number of aryl methyl sites for hydroxylation is 2. The summed E-state index contributed by atoms with van der Waals surface area (Å²) in [5.41, 5.74) is 4.58. The van der Waals surface area contributed by atoms with E-state index in [0.29, 0.717) is 37.3 Å². The van der Waals surface area contributed by atoms with E-state index in [0.717, 1.165) is 16.6 Å². The predicted molar refractivity (Wildman–Crippen MR) is 98.3 cm³/mol. The minimum Gasteiger partial charge on any atom is -0.472 e. The van der Waals surface area contributed by atoms with E-state index in [-0.39, 0.29) is 11.8 Å². The number of nitrogens with zero attached hydrogens (tertiary/aromatic N) is 2. The SMILES string of the molecule is Cc1[nH]c2ccc(C(=O)N3CCN(C(=O)c4ccoc4)CC3)cc2c1C. The molecule has 1 aliphatic rings. The van der Waals surface area contributed by atoms with Crippen molar-refractivity contribution in [2.75, 3.05) is 26.2 Å². The molecule has 6 nitrogen and oxygen atoms in total. The quantitative estimate of drug-likeness (QED) is 0.772. The lowest BCUT2D eigenvalue weighted by molar-refractivity contribution is 0.0535. The maximum atomic E-state index is 12.9. The van der Waals surface area contributed by atoms with Gasteiger partial charge < -0.3 is 19.2 Å². The number of aromatic amines is 1. The number of aromatic nitrogens is 1. The van der Waals surface area contributed by atoms with Gasteiger partial charge in [0.1, 0.15) is 6.26 Å². The Morgan fingerprint density at radius 1 is 0.962 bits per heavy atom. The van der Waals surface area contributed by atoms with Crippen LogP contribution in [0.2, 0.25) is 0 Å². The molecule has 1 aliphatic heterocycles. The number of piperazine rings is 1. The first-order valence-electron chi connectivity index (χ1n) is 8.74. The van der Waals surface area contributed by atoms with Crippen LogP contribution < -0.4 is 0 Å². The molecule has 0 saturated carbocycles. The van der Waals surface area contributed by atoms with E-state index >= 15 is 0 Å². The molecule has 134 valence electrons. The van der Waals surface area contributed by atoms with Crippen LogP contribution in [-0.2, 0) is 0 Å². The molecular weight excluding hydrogens is 330 g/mol. The van der Waals surface area contributed by atoms with Crippen molar-refractivity contribution in [2.24, 2.45) is 0 Å². The second-order valence-electron chi connectivity index (χ2n) is 6.73. The van der Waals surface area contributed by atoms with Crippen molar-refractivity contribution in [1.29, 1.82) is 0 Å². The minimum atomic E-state index is -0.0503. The van der Waals surface area contributed by atoms with Gasteiger partial charge in [-0.1, -0.05) is 0 Å². The fourth-order valence-electron chi connectivity index (χ4n) is 3.46. The first-order chi connectivity index (χ1) is 12.5. The second-order valence-corrected chi connectivity index (χ2v) is 6.73. The highest BCUT2D eigenvalue weighted by Crippen LogP contribution is 2.23. The van der Waals surface area contributed by atoms with Crippen LogP contribution in [0.25, 0.3) is 10.9 Å². The maximum Gasteiger partial charge on any atom is 0.257 e. The molecule has 1 saturated heterocycles. The molecule has 0 spiro atoms. The molecule has 0 bridgehead atoms. The van der Waals surface area contributed by atoms with E-state index in [1.807, 2.05) is 30.0 Å². The van der Waals surface area contributed by atoms with Gasteiger partial charge >= 0.3 is 0 Å². The first kappa shape index (κ1) is 16.4. The molecule has 0 atom stereocenters. The summed E-state index contributed by atoms with van der Waals surface area (Å²) >= 11 is 0. The summed E-state index contributed by atoms with van der Waals surface area (Å²) in [5.74, 6) is -0.0359. The standard InChI is InChI=1S/C20H21N3O3/c1-13-14(2)21-18-4-3-15(11-17(13)18)19(24)22-6-8-23(9-7-22)20(25)16-5-10-26-12-16/h3-5,10-12,21H,6-9H2,1-2H3. The third-order valence-electron chi connectivity index (χ3n) is 5.18. The molecule has 1 fully saturated rings. The Balaban J connectivity index is 1.47. The van der Waals surface area contributed by atoms with Crippen LogP contribution in [0.3, 0.4) is 0 Å². The number of hydrogen-bond acceptors (Lipinski definition) is 3. The van der Waals surface area contributed by atoms with Crippen LogP contribution in [-0.4, -0.2) is 52.8 Å². The number of amides is 2. The highest BCUT2D eigenvalue weighted by Gasteiger charge is 2.26. The van der Waals surface area contributed by atoms with Crippen LogP contribution in [0.4, 0.5) is 0 Å². The van der Waals surface area contributed by atoms with E-state index in [1.54, 1.807) is 11.0 Å². The van der Waals surface area contributed by atoms with Crippen LogP contribution in [0.15, 0.2) is 41.2 Å². The Kier molecular flexibility index (Phi) is 4.03. The molecule has 1 aromatic carbocycles. The lowest BCUT2D eigenvalue weighted by Gasteiger charge is -2.34. The molecule has 0 unspecified atom stereocenters. The fourth-order valence-corrected chi connectivity index (χ4v) is 3.46. The van der Waals surface area contributed by atoms with Crippen LogP contribution >= 0.6 is 0 Å². The third-order valence-corrected chi connectivity index (χ3v) is 5.18. The van der Waals surface area contributed by atoms with Gasteiger partial charge in [0.25, 0.3) is 11.8 Å². The number of rotatable bonds is 2. The highest BCUT2D eigenvalue weighted by atomic mass is 16.3. The van der Waals surface area contributed by atoms with Gasteiger partial charge in [-0.3, -0.25) is 9.59 Å². The Morgan fingerprint density at radius 3 is 2.23 bits per heavy atom. The van der Waals surface area contributed by atoms with E-state index in [9.17, 15) is 9.59 Å². The fraction of sp³-hybridized carbons (Fsp3) is 0.300. The molecule has 3 aromatic rings. The van der Waals surface area contributed by atoms with Crippen molar-refractivity contribution in [3.05, 3.63) is 59.2 Å². The molecule has 1 N–H and O–H groups in total. The molecule has 3 heterocycles. The lowest BCUT2D eigenvalue weighted by Crippen LogP contribution is -2.50. The number of carbonyl (C=O) groups is 2.